The summed E-state index contributed by atoms with van der Waals surface area (Å²) in [5.74, 6) is 2.20. The number of allylic oxidation sites excluding steroid dienone is 3. The van der Waals surface area contributed by atoms with E-state index in [1.807, 2.05) is 0 Å². The Morgan fingerprint density at radius 2 is 1.54 bits per heavy atom. The third kappa shape index (κ3) is 5.20. The minimum atomic E-state index is -0.180. The SMILES string of the molecule is CC1C=Cc2ccc(C3=NC(c4ccc5c6c(ccc5c4)C(C)CC4=C6[NH2+]C(c5ccccc5)[OH+]4)N(C)C(c4ccc5ccccc5c4)=C3)cc2C1. The minimum Gasteiger partial charge on any atom is -0.535 e. The zero-order valence-corrected chi connectivity index (χ0v) is 29.9. The molecular weight excluding hydrogens is 635 g/mol. The Labute approximate surface area is 305 Å². The van der Waals surface area contributed by atoms with Gasteiger partial charge < -0.3 is 9.64 Å². The van der Waals surface area contributed by atoms with E-state index in [1.165, 1.54) is 83.2 Å². The predicted octanol–water partition coefficient (Wildman–Crippen LogP) is 9.65. The molecule has 0 aromatic heterocycles. The third-order valence-corrected chi connectivity index (χ3v) is 11.7. The number of rotatable bonds is 4. The molecule has 3 N–H and O–H groups in total. The maximum Gasteiger partial charge on any atom is 0.344 e. The van der Waals surface area contributed by atoms with Gasteiger partial charge in [-0.3, -0.25) is 4.99 Å². The highest BCUT2D eigenvalue weighted by Crippen LogP contribution is 2.44. The maximum atomic E-state index is 5.53. The van der Waals surface area contributed by atoms with E-state index in [0.717, 1.165) is 18.6 Å². The summed E-state index contributed by atoms with van der Waals surface area (Å²) in [6.45, 7) is 4.64. The van der Waals surface area contributed by atoms with Crippen LogP contribution in [0.4, 0.5) is 0 Å². The first-order valence-electron chi connectivity index (χ1n) is 18.7. The fourth-order valence-electron chi connectivity index (χ4n) is 8.87. The van der Waals surface area contributed by atoms with Gasteiger partial charge in [0.05, 0.1) is 17.7 Å². The van der Waals surface area contributed by atoms with Crippen LogP contribution >= 0.6 is 0 Å². The Morgan fingerprint density at radius 1 is 0.731 bits per heavy atom. The van der Waals surface area contributed by atoms with Gasteiger partial charge in [0.2, 0.25) is 5.70 Å². The van der Waals surface area contributed by atoms with E-state index in [4.69, 9.17) is 9.73 Å². The second-order valence-electron chi connectivity index (χ2n) is 15.2. The molecule has 10 rings (SSSR count). The smallest absolute Gasteiger partial charge is 0.344 e. The number of hydrogen-bond donors (Lipinski definition) is 1. The Kier molecular flexibility index (Phi) is 7.29. The second-order valence-corrected chi connectivity index (χ2v) is 15.2. The van der Waals surface area contributed by atoms with E-state index in [2.05, 4.69) is 171 Å². The van der Waals surface area contributed by atoms with Crippen molar-refractivity contribution in [2.24, 2.45) is 10.9 Å². The van der Waals surface area contributed by atoms with Crippen molar-refractivity contribution in [2.45, 2.75) is 45.0 Å². The molecule has 4 heteroatoms. The molecule has 0 radical (unpaired) electrons. The number of benzene rings is 6. The lowest BCUT2D eigenvalue weighted by atomic mass is 9.82. The largest absolute Gasteiger partial charge is 0.535 e. The maximum absolute atomic E-state index is 5.53. The molecule has 6 aromatic carbocycles. The van der Waals surface area contributed by atoms with Gasteiger partial charge in [0.15, 0.2) is 0 Å². The first-order valence-corrected chi connectivity index (χ1v) is 18.7. The number of ether oxygens (including phenoxy) is 1. The molecule has 2 aliphatic heterocycles. The van der Waals surface area contributed by atoms with E-state index in [9.17, 15) is 0 Å². The van der Waals surface area contributed by atoms with Gasteiger partial charge in [-0.2, -0.15) is 0 Å². The summed E-state index contributed by atoms with van der Waals surface area (Å²) in [4.78, 5) is 7.88. The Hall–Kier alpha value is -5.71. The molecule has 0 saturated heterocycles. The summed E-state index contributed by atoms with van der Waals surface area (Å²) in [6, 6.07) is 44.8. The number of quaternary nitrogens is 1. The molecule has 0 fully saturated rings. The van der Waals surface area contributed by atoms with Crippen molar-refractivity contribution in [3.05, 3.63) is 184 Å². The lowest BCUT2D eigenvalue weighted by molar-refractivity contribution is -0.654. The van der Waals surface area contributed by atoms with Crippen molar-refractivity contribution in [3.63, 3.8) is 0 Å². The standard InChI is InChI=1S/C48H41N3O/c1-29-13-14-32-15-17-36(27-39(32)23-29)42-28-43(37-18-16-31-9-7-8-12-34(31)25-37)51(3)47(49-42)38-20-22-41-35(26-38)19-21-40-30(2)24-44-46(45(40)41)50-48(52-44)33-10-5-4-6-11-33/h4-22,25-30,47-48,50H,23-24H2,1-3H3/p+2. The summed E-state index contributed by atoms with van der Waals surface area (Å²) in [7, 11) is 2.19. The molecule has 52 heavy (non-hydrogen) atoms. The molecule has 4 unspecified atom stereocenters. The molecule has 254 valence electrons. The molecule has 6 aromatic rings. The zero-order valence-electron chi connectivity index (χ0n) is 29.9. The number of hydrogen-bond acceptors (Lipinski definition) is 2. The number of fused-ring (bicyclic) bond motifs is 6. The van der Waals surface area contributed by atoms with Gasteiger partial charge in [-0.25, -0.2) is 5.32 Å². The van der Waals surface area contributed by atoms with Gasteiger partial charge in [-0.05, 0) is 104 Å². The van der Waals surface area contributed by atoms with Gasteiger partial charge in [-0.15, -0.1) is 0 Å². The molecule has 4 nitrogen and oxygen atoms in total. The summed E-state index contributed by atoms with van der Waals surface area (Å²) < 4.78 is 5.25. The fourth-order valence-corrected chi connectivity index (χ4v) is 8.87. The fraction of sp³-hybridized carbons (Fsp3) is 0.188. The van der Waals surface area contributed by atoms with Crippen molar-refractivity contribution < 1.29 is 10.1 Å². The van der Waals surface area contributed by atoms with Gasteiger partial charge >= 0.3 is 6.23 Å². The van der Waals surface area contributed by atoms with E-state index >= 15 is 0 Å². The van der Waals surface area contributed by atoms with Crippen molar-refractivity contribution in [1.82, 2.24) is 4.90 Å². The van der Waals surface area contributed by atoms with Gasteiger partial charge in [0.25, 0.3) is 5.76 Å². The number of nitrogens with two attached hydrogens (primary N) is 1. The van der Waals surface area contributed by atoms with Crippen LogP contribution in [0.5, 0.6) is 0 Å². The molecule has 2 aliphatic carbocycles. The van der Waals surface area contributed by atoms with E-state index in [0.29, 0.717) is 11.8 Å². The summed E-state index contributed by atoms with van der Waals surface area (Å²) in [5.41, 5.74) is 13.8. The lowest BCUT2D eigenvalue weighted by Crippen LogP contribution is -2.80. The van der Waals surface area contributed by atoms with Gasteiger partial charge in [0, 0.05) is 18.3 Å². The highest BCUT2D eigenvalue weighted by atomic mass is 16.5. The summed E-state index contributed by atoms with van der Waals surface area (Å²) in [5, 5.41) is 7.43. The molecule has 0 saturated carbocycles. The second kappa shape index (κ2) is 12.2. The number of aliphatic imine (C=N–C) groups is 1. The average Bonchev–Trinajstić information content (AvgIpc) is 3.61. The predicted molar refractivity (Wildman–Crippen MR) is 215 cm³/mol. The van der Waals surface area contributed by atoms with Crippen LogP contribution in [0, 0.1) is 5.92 Å². The van der Waals surface area contributed by atoms with Crippen molar-refractivity contribution >= 4 is 44.7 Å². The molecule has 0 amide bonds. The van der Waals surface area contributed by atoms with Crippen LogP contribution in [0.25, 0.3) is 39.0 Å². The molecule has 4 atom stereocenters. The average molecular weight is 678 g/mol. The monoisotopic (exact) mass is 677 g/mol. The number of nitrogens with zero attached hydrogens (tertiary/aromatic N) is 2. The molecule has 2 heterocycles. The van der Waals surface area contributed by atoms with Crippen molar-refractivity contribution in [1.29, 1.82) is 0 Å². The van der Waals surface area contributed by atoms with Crippen LogP contribution in [0.3, 0.4) is 0 Å². The molecular formula is C48H43N3O+2. The summed E-state index contributed by atoms with van der Waals surface area (Å²) >= 11 is 0. The Balaban J connectivity index is 1.07. The lowest BCUT2D eigenvalue weighted by Gasteiger charge is -2.34. The van der Waals surface area contributed by atoms with Crippen LogP contribution in [-0.4, -0.2) is 22.4 Å². The zero-order chi connectivity index (χ0) is 34.9. The van der Waals surface area contributed by atoms with Gasteiger partial charge in [0.1, 0.15) is 11.7 Å². The van der Waals surface area contributed by atoms with Crippen LogP contribution < -0.4 is 5.32 Å². The Bertz CT molecular complexity index is 2540. The Morgan fingerprint density at radius 3 is 2.42 bits per heavy atom. The minimum absolute atomic E-state index is 0.0747. The quantitative estimate of drug-likeness (QED) is 0.186. The molecule has 0 bridgehead atoms. The van der Waals surface area contributed by atoms with E-state index in [1.54, 1.807) is 0 Å². The normalized spacial score (nSPS) is 22.1. The van der Waals surface area contributed by atoms with Crippen LogP contribution in [0.1, 0.15) is 83.1 Å². The van der Waals surface area contributed by atoms with Crippen molar-refractivity contribution in [3.8, 4) is 0 Å². The topological polar surface area (TPSA) is 45.0 Å². The van der Waals surface area contributed by atoms with Crippen LogP contribution in [0.15, 0.2) is 144 Å². The number of aliphatic hydroxyl groups is 2. The highest BCUT2D eigenvalue weighted by molar-refractivity contribution is 6.13. The molecule has 4 aliphatic rings. The summed E-state index contributed by atoms with van der Waals surface area (Å²) in [6.07, 6.45) is 8.82. The first kappa shape index (κ1) is 31.1. The molecule has 0 spiro atoms. The van der Waals surface area contributed by atoms with Gasteiger partial charge in [-0.1, -0.05) is 117 Å². The van der Waals surface area contributed by atoms with Crippen LogP contribution in [0.2, 0.25) is 0 Å². The highest BCUT2D eigenvalue weighted by Gasteiger charge is 2.43. The first-order chi connectivity index (χ1) is 25.5. The van der Waals surface area contributed by atoms with Crippen LogP contribution in [-0.2, 0) is 6.42 Å². The van der Waals surface area contributed by atoms with E-state index < -0.39 is 0 Å². The van der Waals surface area contributed by atoms with Crippen molar-refractivity contribution in [2.75, 3.05) is 7.05 Å². The third-order valence-electron chi connectivity index (χ3n) is 11.7. The van der Waals surface area contributed by atoms with E-state index in [-0.39, 0.29) is 12.4 Å².